The summed E-state index contributed by atoms with van der Waals surface area (Å²) in [5.41, 5.74) is 1.23. The van der Waals surface area contributed by atoms with Gasteiger partial charge in [0.05, 0.1) is 25.1 Å². The highest BCUT2D eigenvalue weighted by Gasteiger charge is 2.43. The summed E-state index contributed by atoms with van der Waals surface area (Å²) in [5, 5.41) is 0. The van der Waals surface area contributed by atoms with Crippen molar-refractivity contribution in [3.05, 3.63) is 23.5 Å². The second-order valence-corrected chi connectivity index (χ2v) is 7.99. The predicted octanol–water partition coefficient (Wildman–Crippen LogP) is 1.52. The van der Waals surface area contributed by atoms with E-state index in [1.54, 1.807) is 31.1 Å². The molecule has 1 aromatic heterocycles. The van der Waals surface area contributed by atoms with Gasteiger partial charge in [-0.25, -0.2) is 17.5 Å². The molecule has 2 saturated heterocycles. The monoisotopic (exact) mass is 339 g/mol. The Morgan fingerprint density at radius 3 is 2.87 bits per heavy atom. The summed E-state index contributed by atoms with van der Waals surface area (Å²) >= 11 is 0. The van der Waals surface area contributed by atoms with E-state index in [-0.39, 0.29) is 18.3 Å². The van der Waals surface area contributed by atoms with Crippen LogP contribution in [0, 0.1) is 6.92 Å². The number of rotatable bonds is 3. The molecule has 0 bridgehead atoms. The largest absolute Gasteiger partial charge is 0.497 e. The zero-order valence-electron chi connectivity index (χ0n) is 13.4. The van der Waals surface area contributed by atoms with Crippen LogP contribution in [0.2, 0.25) is 0 Å². The number of pyridine rings is 1. The number of hydrogen-bond acceptors (Lipinski definition) is 5. The van der Waals surface area contributed by atoms with E-state index in [0.29, 0.717) is 18.0 Å². The molecule has 3 heterocycles. The van der Waals surface area contributed by atoms with Crippen LogP contribution in [0.5, 0.6) is 5.75 Å². The van der Waals surface area contributed by atoms with Crippen LogP contribution in [0.3, 0.4) is 0 Å². The van der Waals surface area contributed by atoms with Gasteiger partial charge in [0.2, 0.25) is 10.0 Å². The minimum atomic E-state index is -3.61. The average Bonchev–Trinajstić information content (AvgIpc) is 2.50. The van der Waals surface area contributed by atoms with E-state index in [2.05, 4.69) is 4.98 Å². The van der Waals surface area contributed by atoms with Gasteiger partial charge in [0.15, 0.2) is 0 Å². The number of carbonyl (C=O) groups excluding carboxylic acids is 1. The lowest BCUT2D eigenvalue weighted by Crippen LogP contribution is -2.60. The zero-order chi connectivity index (χ0) is 16.6. The first-order valence-corrected chi connectivity index (χ1v) is 9.34. The van der Waals surface area contributed by atoms with Gasteiger partial charge in [-0.3, -0.25) is 4.98 Å². The Morgan fingerprint density at radius 1 is 1.35 bits per heavy atom. The molecule has 2 amide bonds. The van der Waals surface area contributed by atoms with E-state index < -0.39 is 16.1 Å². The highest BCUT2D eigenvalue weighted by molar-refractivity contribution is 7.89. The number of nitrogens with zero attached hydrogens (tertiary/aromatic N) is 3. The third-order valence-electron chi connectivity index (χ3n) is 4.35. The van der Waals surface area contributed by atoms with Gasteiger partial charge >= 0.3 is 6.03 Å². The summed E-state index contributed by atoms with van der Waals surface area (Å²) in [4.78, 5) is 18.6. The molecule has 8 heteroatoms. The van der Waals surface area contributed by atoms with Crippen LogP contribution in [-0.4, -0.2) is 54.1 Å². The van der Waals surface area contributed by atoms with Crippen molar-refractivity contribution in [2.75, 3.05) is 19.4 Å². The number of aromatic nitrogens is 1. The lowest BCUT2D eigenvalue weighted by molar-refractivity contribution is 0.130. The first-order chi connectivity index (χ1) is 10.9. The van der Waals surface area contributed by atoms with Crippen molar-refractivity contribution in [3.8, 4) is 5.75 Å². The maximum absolute atomic E-state index is 12.6. The Balaban J connectivity index is 1.88. The highest BCUT2D eigenvalue weighted by atomic mass is 32.2. The number of methoxy groups -OCH3 is 1. The van der Waals surface area contributed by atoms with E-state index >= 15 is 0 Å². The second kappa shape index (κ2) is 5.99. The van der Waals surface area contributed by atoms with Crippen LogP contribution < -0.4 is 4.74 Å². The number of piperidine rings is 1. The molecule has 7 nitrogen and oxygen atoms in total. The van der Waals surface area contributed by atoms with Gasteiger partial charge in [0.25, 0.3) is 0 Å². The SMILES string of the molecule is COc1cc(C)nc(CN2C(=O)N3CCCCC3CS2(=O)=O)c1. The molecule has 0 N–H and O–H groups in total. The molecular formula is C15H21N3O4S. The fourth-order valence-electron chi connectivity index (χ4n) is 3.24. The lowest BCUT2D eigenvalue weighted by Gasteiger charge is -2.43. The zero-order valence-corrected chi connectivity index (χ0v) is 14.2. The lowest BCUT2D eigenvalue weighted by atomic mass is 10.0. The molecular weight excluding hydrogens is 318 g/mol. The molecule has 2 aliphatic heterocycles. The van der Waals surface area contributed by atoms with E-state index in [1.165, 1.54) is 0 Å². The van der Waals surface area contributed by atoms with Crippen LogP contribution in [-0.2, 0) is 16.6 Å². The van der Waals surface area contributed by atoms with Crippen molar-refractivity contribution in [2.24, 2.45) is 0 Å². The topological polar surface area (TPSA) is 79.8 Å². The first kappa shape index (κ1) is 16.0. The quantitative estimate of drug-likeness (QED) is 0.834. The van der Waals surface area contributed by atoms with E-state index in [9.17, 15) is 13.2 Å². The molecule has 0 aromatic carbocycles. The highest BCUT2D eigenvalue weighted by Crippen LogP contribution is 2.28. The van der Waals surface area contributed by atoms with Gasteiger partial charge in [0, 0.05) is 30.4 Å². The van der Waals surface area contributed by atoms with Crippen molar-refractivity contribution in [3.63, 3.8) is 0 Å². The van der Waals surface area contributed by atoms with Crippen molar-refractivity contribution < 1.29 is 17.9 Å². The number of fused-ring (bicyclic) bond motifs is 1. The molecule has 23 heavy (non-hydrogen) atoms. The molecule has 0 saturated carbocycles. The van der Waals surface area contributed by atoms with Gasteiger partial charge in [0.1, 0.15) is 5.75 Å². The van der Waals surface area contributed by atoms with Gasteiger partial charge in [-0.1, -0.05) is 0 Å². The molecule has 0 spiro atoms. The van der Waals surface area contributed by atoms with Crippen LogP contribution in [0.15, 0.2) is 12.1 Å². The Kier molecular flexibility index (Phi) is 4.18. The van der Waals surface area contributed by atoms with Gasteiger partial charge in [-0.05, 0) is 26.2 Å². The van der Waals surface area contributed by atoms with Gasteiger partial charge in [-0.2, -0.15) is 0 Å². The van der Waals surface area contributed by atoms with Crippen LogP contribution in [0.25, 0.3) is 0 Å². The van der Waals surface area contributed by atoms with Gasteiger partial charge in [-0.15, -0.1) is 0 Å². The Bertz CT molecular complexity index is 719. The van der Waals surface area contributed by atoms with Gasteiger partial charge < -0.3 is 9.64 Å². The summed E-state index contributed by atoms with van der Waals surface area (Å²) in [6, 6.07) is 2.81. The Morgan fingerprint density at radius 2 is 2.13 bits per heavy atom. The average molecular weight is 339 g/mol. The number of carbonyl (C=O) groups is 1. The first-order valence-electron chi connectivity index (χ1n) is 7.73. The Labute approximate surface area is 136 Å². The van der Waals surface area contributed by atoms with Crippen molar-refractivity contribution in [2.45, 2.75) is 38.8 Å². The molecule has 0 radical (unpaired) electrons. The number of urea groups is 1. The predicted molar refractivity (Wildman–Crippen MR) is 84.6 cm³/mol. The van der Waals surface area contributed by atoms with Crippen LogP contribution in [0.1, 0.15) is 30.7 Å². The molecule has 126 valence electrons. The summed E-state index contributed by atoms with van der Waals surface area (Å²) in [7, 11) is -2.07. The molecule has 1 atom stereocenters. The number of aryl methyl sites for hydroxylation is 1. The third-order valence-corrected chi connectivity index (χ3v) is 6.11. The van der Waals surface area contributed by atoms with Crippen molar-refractivity contribution in [1.82, 2.24) is 14.2 Å². The van der Waals surface area contributed by atoms with E-state index in [4.69, 9.17) is 4.74 Å². The molecule has 2 aliphatic rings. The standard InChI is InChI=1S/C15H21N3O4S/c1-11-7-14(22-2)8-12(16-11)9-18-15(19)17-6-4-3-5-13(17)10-23(18,20)21/h7-8,13H,3-6,9-10H2,1-2H3. The number of sulfonamides is 1. The summed E-state index contributed by atoms with van der Waals surface area (Å²) < 4.78 is 31.2. The Hall–Kier alpha value is -1.83. The number of hydrogen-bond donors (Lipinski definition) is 0. The minimum Gasteiger partial charge on any atom is -0.497 e. The van der Waals surface area contributed by atoms with Crippen molar-refractivity contribution >= 4 is 16.1 Å². The van der Waals surface area contributed by atoms with E-state index in [1.807, 2.05) is 0 Å². The smallest absolute Gasteiger partial charge is 0.334 e. The van der Waals surface area contributed by atoms with Crippen LogP contribution in [0.4, 0.5) is 4.79 Å². The molecule has 1 unspecified atom stereocenters. The maximum atomic E-state index is 12.6. The molecule has 3 rings (SSSR count). The number of amides is 2. The summed E-state index contributed by atoms with van der Waals surface area (Å²) in [6.07, 6.45) is 2.66. The van der Waals surface area contributed by atoms with Crippen molar-refractivity contribution in [1.29, 1.82) is 0 Å². The molecule has 1 aromatic rings. The van der Waals surface area contributed by atoms with E-state index in [0.717, 1.165) is 29.3 Å². The normalized spacial score (nSPS) is 23.6. The fourth-order valence-corrected chi connectivity index (χ4v) is 4.92. The minimum absolute atomic E-state index is 0.00168. The fraction of sp³-hybridized carbons (Fsp3) is 0.600. The summed E-state index contributed by atoms with van der Waals surface area (Å²) in [5.74, 6) is 0.604. The third kappa shape index (κ3) is 3.12. The molecule has 2 fully saturated rings. The van der Waals surface area contributed by atoms with Crippen LogP contribution >= 0.6 is 0 Å². The maximum Gasteiger partial charge on any atom is 0.334 e. The summed E-state index contributed by atoms with van der Waals surface area (Å²) in [6.45, 7) is 2.38. The number of ether oxygens (including phenoxy) is 1. The molecule has 0 aliphatic carbocycles. The second-order valence-electron chi connectivity index (χ2n) is 6.05.